The molecule has 4 aliphatic carbocycles. The summed E-state index contributed by atoms with van der Waals surface area (Å²) in [5.74, 6) is 1.64. The molecule has 4 fully saturated rings. The van der Waals surface area contributed by atoms with Gasteiger partial charge in [0, 0.05) is 43.1 Å². The van der Waals surface area contributed by atoms with E-state index < -0.39 is 0 Å². The number of fused-ring (bicyclic) bond motifs is 8. The van der Waals surface area contributed by atoms with Crippen LogP contribution in [-0.4, -0.2) is 42.5 Å². The number of rotatable bonds is 6. The number of nitrogens with zero attached hydrogens (tertiary/aromatic N) is 1. The largest absolute Gasteiger partial charge is 0.394 e. The zero-order chi connectivity index (χ0) is 29.8. The van der Waals surface area contributed by atoms with Gasteiger partial charge in [0.2, 0.25) is 11.8 Å². The Morgan fingerprint density at radius 2 is 1.67 bits per heavy atom. The van der Waals surface area contributed by atoms with Crippen LogP contribution in [0.15, 0.2) is 53.7 Å². The summed E-state index contributed by atoms with van der Waals surface area (Å²) >= 11 is 0. The average molecular weight is 582 g/mol. The molecular formula is C36H43N3O4. The minimum Gasteiger partial charge on any atom is -0.394 e. The van der Waals surface area contributed by atoms with Crippen molar-refractivity contribution >= 4 is 23.3 Å². The standard InChI is InChI=1S/C36H43N3O4/c1-35-15-13-22(19-31(35)38-34(42)21-28-29-11-12-32(40)36(29,2)16-14-30(28)35)39-43-18-17-37-33(41)20-27-25-9-5-3-7-23(25)24-8-4-6-10-26(24)27/h3-10,27-31H,11-21H2,1-2H3,(H,37,41)(H,38,42)/b39-22+/t28-,29-,30-,31?,35+,36-/m0/s1. The van der Waals surface area contributed by atoms with Crippen molar-refractivity contribution in [1.82, 2.24) is 10.6 Å². The van der Waals surface area contributed by atoms with Crippen molar-refractivity contribution < 1.29 is 19.2 Å². The summed E-state index contributed by atoms with van der Waals surface area (Å²) in [6, 6.07) is 16.7. The highest BCUT2D eigenvalue weighted by Gasteiger charge is 2.60. The van der Waals surface area contributed by atoms with Crippen molar-refractivity contribution in [2.45, 2.75) is 83.6 Å². The van der Waals surface area contributed by atoms with E-state index in [1.165, 1.54) is 22.3 Å². The molecule has 5 aliphatic rings. The van der Waals surface area contributed by atoms with Crippen LogP contribution in [0.4, 0.5) is 0 Å². The molecule has 0 radical (unpaired) electrons. The smallest absolute Gasteiger partial charge is 0.221 e. The maximum Gasteiger partial charge on any atom is 0.221 e. The van der Waals surface area contributed by atoms with Gasteiger partial charge in [0.05, 0.1) is 12.3 Å². The van der Waals surface area contributed by atoms with Crippen molar-refractivity contribution in [3.63, 3.8) is 0 Å². The molecule has 2 aromatic rings. The van der Waals surface area contributed by atoms with Crippen LogP contribution in [0.2, 0.25) is 0 Å². The van der Waals surface area contributed by atoms with Crippen LogP contribution in [0.1, 0.15) is 88.7 Å². The SMILES string of the molecule is C[C@]12CC/C(=N\OCCNC(=O)CC3c4ccccc4-c4ccccc43)CC1NC(=O)C[C@@H]1[C@@H]2CC[C@]2(C)C(=O)CC[C@@H]12. The van der Waals surface area contributed by atoms with Crippen LogP contribution in [0.3, 0.4) is 0 Å². The summed E-state index contributed by atoms with van der Waals surface area (Å²) in [5.41, 5.74) is 5.58. The topological polar surface area (TPSA) is 96.9 Å². The van der Waals surface area contributed by atoms with Crippen molar-refractivity contribution in [3.8, 4) is 11.1 Å². The molecule has 2 aromatic carbocycles. The predicted octanol–water partition coefficient (Wildman–Crippen LogP) is 5.77. The molecule has 1 saturated heterocycles. The molecular weight excluding hydrogens is 538 g/mol. The van der Waals surface area contributed by atoms with Gasteiger partial charge in [-0.2, -0.15) is 0 Å². The van der Waals surface area contributed by atoms with E-state index in [1.807, 2.05) is 24.3 Å². The maximum atomic E-state index is 13.1. The second-order valence-corrected chi connectivity index (χ2v) is 14.1. The van der Waals surface area contributed by atoms with Gasteiger partial charge in [-0.05, 0) is 77.5 Å². The second-order valence-electron chi connectivity index (χ2n) is 14.1. The molecule has 3 saturated carbocycles. The fourth-order valence-corrected chi connectivity index (χ4v) is 9.64. The van der Waals surface area contributed by atoms with Gasteiger partial charge in [-0.1, -0.05) is 67.5 Å². The highest BCUT2D eigenvalue weighted by atomic mass is 16.6. The lowest BCUT2D eigenvalue weighted by Gasteiger charge is -2.53. The van der Waals surface area contributed by atoms with E-state index in [1.54, 1.807) is 0 Å². The number of Topliss-reactive ketones (excluding diaryl/α,β-unsaturated/α-hetero) is 1. The first-order valence-electron chi connectivity index (χ1n) is 16.2. The molecule has 2 N–H and O–H groups in total. The molecule has 0 spiro atoms. The predicted molar refractivity (Wildman–Crippen MR) is 165 cm³/mol. The minimum atomic E-state index is -0.242. The first-order chi connectivity index (χ1) is 20.8. The van der Waals surface area contributed by atoms with Crippen molar-refractivity contribution in [3.05, 3.63) is 59.7 Å². The molecule has 1 unspecified atom stereocenters. The van der Waals surface area contributed by atoms with Crippen LogP contribution >= 0.6 is 0 Å². The van der Waals surface area contributed by atoms with E-state index in [4.69, 9.17) is 4.84 Å². The highest BCUT2D eigenvalue weighted by Crippen LogP contribution is 2.61. The number of nitrogens with one attached hydrogen (secondary N) is 2. The molecule has 7 heteroatoms. The number of hydrogen-bond donors (Lipinski definition) is 2. The zero-order valence-electron chi connectivity index (χ0n) is 25.4. The Bertz CT molecular complexity index is 1440. The summed E-state index contributed by atoms with van der Waals surface area (Å²) in [6.45, 7) is 5.21. The minimum absolute atomic E-state index is 0.00413. The first-order valence-corrected chi connectivity index (χ1v) is 16.2. The molecule has 226 valence electrons. The fourth-order valence-electron chi connectivity index (χ4n) is 9.64. The fraction of sp³-hybridized carbons (Fsp3) is 0.556. The van der Waals surface area contributed by atoms with E-state index >= 15 is 0 Å². The van der Waals surface area contributed by atoms with Crippen LogP contribution in [0.5, 0.6) is 0 Å². The van der Waals surface area contributed by atoms with E-state index in [2.05, 4.69) is 53.9 Å². The Balaban J connectivity index is 0.932. The Morgan fingerprint density at radius 1 is 0.953 bits per heavy atom. The molecule has 0 aromatic heterocycles. The molecule has 0 bridgehead atoms. The van der Waals surface area contributed by atoms with Gasteiger partial charge in [-0.3, -0.25) is 14.4 Å². The first kappa shape index (κ1) is 28.3. The molecule has 2 amide bonds. The zero-order valence-corrected chi connectivity index (χ0v) is 25.4. The van der Waals surface area contributed by atoms with Crippen molar-refractivity contribution in [2.75, 3.05) is 13.2 Å². The molecule has 1 aliphatic heterocycles. The quantitative estimate of drug-likeness (QED) is 0.335. The van der Waals surface area contributed by atoms with Crippen LogP contribution < -0.4 is 10.6 Å². The number of carbonyl (C=O) groups is 3. The summed E-state index contributed by atoms with van der Waals surface area (Å²) in [5, 5.41) is 10.8. The molecule has 1 heterocycles. The number of ketones is 1. The van der Waals surface area contributed by atoms with Crippen LogP contribution in [0, 0.1) is 28.6 Å². The van der Waals surface area contributed by atoms with Crippen LogP contribution in [-0.2, 0) is 19.2 Å². The van der Waals surface area contributed by atoms with Gasteiger partial charge in [-0.25, -0.2) is 0 Å². The highest BCUT2D eigenvalue weighted by molar-refractivity contribution is 5.89. The van der Waals surface area contributed by atoms with Crippen molar-refractivity contribution in [2.24, 2.45) is 33.7 Å². The van der Waals surface area contributed by atoms with Crippen molar-refractivity contribution in [1.29, 1.82) is 0 Å². The Kier molecular flexibility index (Phi) is 7.18. The third-order valence-corrected chi connectivity index (χ3v) is 12.0. The normalized spacial score (nSPS) is 33.9. The van der Waals surface area contributed by atoms with Gasteiger partial charge in [-0.15, -0.1) is 0 Å². The lowest BCUT2D eigenvalue weighted by atomic mass is 9.51. The number of benzene rings is 2. The van der Waals surface area contributed by atoms with Gasteiger partial charge in [0.1, 0.15) is 12.4 Å². The average Bonchev–Trinajstić information content (AvgIpc) is 3.44. The lowest BCUT2D eigenvalue weighted by molar-refractivity contribution is -0.133. The number of carbonyl (C=O) groups excluding carboxylic acids is 3. The Labute approximate surface area is 254 Å². The van der Waals surface area contributed by atoms with E-state index in [9.17, 15) is 14.4 Å². The Morgan fingerprint density at radius 3 is 2.42 bits per heavy atom. The molecule has 7 rings (SSSR count). The van der Waals surface area contributed by atoms with Gasteiger partial charge >= 0.3 is 0 Å². The van der Waals surface area contributed by atoms with Crippen LogP contribution in [0.25, 0.3) is 11.1 Å². The summed E-state index contributed by atoms with van der Waals surface area (Å²) in [6.07, 6.45) is 7.00. The summed E-state index contributed by atoms with van der Waals surface area (Å²) in [4.78, 5) is 44.5. The number of amides is 2. The van der Waals surface area contributed by atoms with Gasteiger partial charge in [0.15, 0.2) is 0 Å². The monoisotopic (exact) mass is 581 g/mol. The third-order valence-electron chi connectivity index (χ3n) is 12.0. The summed E-state index contributed by atoms with van der Waals surface area (Å²) in [7, 11) is 0. The molecule has 7 nitrogen and oxygen atoms in total. The number of hydrogen-bond acceptors (Lipinski definition) is 5. The maximum absolute atomic E-state index is 13.1. The van der Waals surface area contributed by atoms with E-state index in [-0.39, 0.29) is 40.5 Å². The second kappa shape index (κ2) is 10.9. The Hall–Kier alpha value is -3.48. The summed E-state index contributed by atoms with van der Waals surface area (Å²) < 4.78 is 0. The molecule has 6 atom stereocenters. The van der Waals surface area contributed by atoms with E-state index in [0.29, 0.717) is 56.5 Å². The third kappa shape index (κ3) is 4.79. The van der Waals surface area contributed by atoms with Gasteiger partial charge in [0.25, 0.3) is 0 Å². The lowest BCUT2D eigenvalue weighted by Crippen LogP contribution is -2.54. The number of oxime groups is 1. The van der Waals surface area contributed by atoms with Gasteiger partial charge < -0.3 is 15.5 Å². The van der Waals surface area contributed by atoms with E-state index in [0.717, 1.165) is 37.8 Å². The molecule has 43 heavy (non-hydrogen) atoms.